The molecule has 0 saturated heterocycles. The molecule has 0 saturated carbocycles. The second kappa shape index (κ2) is 6.23. The van der Waals surface area contributed by atoms with E-state index in [1.54, 1.807) is 18.2 Å². The van der Waals surface area contributed by atoms with Gasteiger partial charge in [-0.05, 0) is 17.7 Å². The molecule has 0 bridgehead atoms. The van der Waals surface area contributed by atoms with Crippen LogP contribution in [0.4, 0.5) is 13.2 Å². The Kier molecular flexibility index (Phi) is 4.30. The lowest BCUT2D eigenvalue weighted by molar-refractivity contribution is -0.153. The van der Waals surface area contributed by atoms with E-state index in [9.17, 15) is 13.2 Å². The molecule has 2 aromatic rings. The topological polar surface area (TPSA) is 30.3 Å². The van der Waals surface area contributed by atoms with Crippen molar-refractivity contribution in [3.8, 4) is 5.75 Å². The van der Waals surface area contributed by atoms with Crippen LogP contribution in [0.15, 0.2) is 30.6 Å². The second-order valence-corrected chi connectivity index (χ2v) is 5.76. The highest BCUT2D eigenvalue weighted by Gasteiger charge is 2.28. The zero-order valence-electron chi connectivity index (χ0n) is 12.8. The van der Waals surface area contributed by atoms with Crippen LogP contribution in [0, 0.1) is 0 Å². The minimum atomic E-state index is -4.32. The maximum atomic E-state index is 12.2. The van der Waals surface area contributed by atoms with E-state index >= 15 is 0 Å². The Labute approximate surface area is 132 Å². The van der Waals surface area contributed by atoms with E-state index in [2.05, 4.69) is 9.88 Å². The van der Waals surface area contributed by atoms with Gasteiger partial charge >= 0.3 is 6.18 Å². The first-order valence-corrected chi connectivity index (χ1v) is 7.40. The summed E-state index contributed by atoms with van der Waals surface area (Å²) in [6.45, 7) is 1.06. The zero-order valence-corrected chi connectivity index (χ0v) is 12.8. The van der Waals surface area contributed by atoms with Crippen molar-refractivity contribution < 1.29 is 17.9 Å². The zero-order chi connectivity index (χ0) is 16.4. The first-order chi connectivity index (χ1) is 10.9. The highest BCUT2D eigenvalue weighted by atomic mass is 19.4. The van der Waals surface area contributed by atoms with Crippen molar-refractivity contribution in [3.05, 3.63) is 47.5 Å². The number of halogens is 3. The van der Waals surface area contributed by atoms with Crippen molar-refractivity contribution in [3.63, 3.8) is 0 Å². The molecule has 0 fully saturated rings. The average Bonchev–Trinajstić information content (AvgIpc) is 2.86. The minimum absolute atomic E-state index is 0.246. The Morgan fingerprint density at radius 2 is 2.13 bits per heavy atom. The molecule has 4 nitrogen and oxygen atoms in total. The van der Waals surface area contributed by atoms with Crippen LogP contribution in [0.5, 0.6) is 5.75 Å². The third kappa shape index (κ3) is 4.04. The molecule has 7 heteroatoms. The predicted octanol–water partition coefficient (Wildman–Crippen LogP) is 2.92. The summed E-state index contributed by atoms with van der Waals surface area (Å²) in [5.41, 5.74) is 3.26. The molecular weight excluding hydrogens is 307 g/mol. The Balaban J connectivity index is 1.62. The number of fused-ring (bicyclic) bond motifs is 1. The van der Waals surface area contributed by atoms with Gasteiger partial charge in [-0.25, -0.2) is 4.98 Å². The summed E-state index contributed by atoms with van der Waals surface area (Å²) in [5.74, 6) is 0.246. The van der Waals surface area contributed by atoms with Crippen LogP contribution < -0.4 is 4.74 Å². The van der Waals surface area contributed by atoms with Crippen LogP contribution in [-0.4, -0.2) is 33.8 Å². The molecule has 0 N–H and O–H groups in total. The summed E-state index contributed by atoms with van der Waals surface area (Å²) in [6.07, 6.45) is -1.58. The molecule has 1 aromatic carbocycles. The normalized spacial score (nSPS) is 15.5. The van der Waals surface area contributed by atoms with E-state index in [0.29, 0.717) is 6.54 Å². The monoisotopic (exact) mass is 325 g/mol. The third-order valence-corrected chi connectivity index (χ3v) is 3.89. The molecular formula is C16H18F3N3O. The van der Waals surface area contributed by atoms with E-state index in [1.807, 2.05) is 24.0 Å². The van der Waals surface area contributed by atoms with Gasteiger partial charge in [0.25, 0.3) is 0 Å². The van der Waals surface area contributed by atoms with Crippen molar-refractivity contribution in [1.29, 1.82) is 0 Å². The highest BCUT2D eigenvalue weighted by Crippen LogP contribution is 2.22. The van der Waals surface area contributed by atoms with Crippen LogP contribution in [0.3, 0.4) is 0 Å². The molecule has 0 spiro atoms. The van der Waals surface area contributed by atoms with E-state index in [0.717, 1.165) is 30.8 Å². The fourth-order valence-corrected chi connectivity index (χ4v) is 2.80. The van der Waals surface area contributed by atoms with Gasteiger partial charge in [-0.2, -0.15) is 13.2 Å². The first kappa shape index (κ1) is 15.9. The molecule has 23 heavy (non-hydrogen) atoms. The molecule has 1 aliphatic heterocycles. The van der Waals surface area contributed by atoms with Crippen molar-refractivity contribution in [2.24, 2.45) is 7.05 Å². The lowest BCUT2D eigenvalue weighted by Crippen LogP contribution is -2.30. The predicted molar refractivity (Wildman–Crippen MR) is 79.0 cm³/mol. The van der Waals surface area contributed by atoms with E-state index in [-0.39, 0.29) is 5.75 Å². The number of imidazole rings is 1. The molecule has 0 amide bonds. The highest BCUT2D eigenvalue weighted by molar-refractivity contribution is 5.29. The summed E-state index contributed by atoms with van der Waals surface area (Å²) in [5, 5.41) is 0. The van der Waals surface area contributed by atoms with Gasteiger partial charge in [-0.15, -0.1) is 0 Å². The number of aryl methyl sites for hydroxylation is 1. The van der Waals surface area contributed by atoms with Gasteiger partial charge in [0.1, 0.15) is 5.75 Å². The molecule has 0 atom stereocenters. The van der Waals surface area contributed by atoms with E-state index < -0.39 is 12.8 Å². The van der Waals surface area contributed by atoms with Gasteiger partial charge in [0.2, 0.25) is 0 Å². The van der Waals surface area contributed by atoms with Crippen LogP contribution >= 0.6 is 0 Å². The Hall–Kier alpha value is -2.02. The van der Waals surface area contributed by atoms with E-state index in [4.69, 9.17) is 4.74 Å². The number of alkyl halides is 3. The molecule has 1 aliphatic rings. The first-order valence-electron chi connectivity index (χ1n) is 7.40. The Bertz CT molecular complexity index is 681. The average molecular weight is 325 g/mol. The van der Waals surface area contributed by atoms with Crippen molar-refractivity contribution in [2.75, 3.05) is 13.2 Å². The van der Waals surface area contributed by atoms with Gasteiger partial charge < -0.3 is 9.30 Å². The quantitative estimate of drug-likeness (QED) is 0.866. The molecule has 0 radical (unpaired) electrons. The molecule has 1 aromatic heterocycles. The fourth-order valence-electron chi connectivity index (χ4n) is 2.80. The van der Waals surface area contributed by atoms with Crippen LogP contribution in [0.1, 0.15) is 17.0 Å². The lowest BCUT2D eigenvalue weighted by atomic mass is 10.1. The minimum Gasteiger partial charge on any atom is -0.484 e. The summed E-state index contributed by atoms with van der Waals surface area (Å²) < 4.78 is 43.5. The second-order valence-electron chi connectivity index (χ2n) is 5.76. The standard InChI is InChI=1S/C16H18F3N3O/c1-21-11-20-14-9-22(6-5-15(14)21)8-12-3-2-4-13(7-12)23-10-16(17,18)19/h2-4,7,11H,5-6,8-10H2,1H3. The smallest absolute Gasteiger partial charge is 0.422 e. The van der Waals surface area contributed by atoms with Gasteiger partial charge in [-0.3, -0.25) is 4.90 Å². The Morgan fingerprint density at radius 3 is 2.91 bits per heavy atom. The number of hydrogen-bond donors (Lipinski definition) is 0. The van der Waals surface area contributed by atoms with Gasteiger partial charge in [0.05, 0.1) is 12.0 Å². The van der Waals surface area contributed by atoms with Gasteiger partial charge in [0, 0.05) is 38.8 Å². The summed E-state index contributed by atoms with van der Waals surface area (Å²) in [6, 6.07) is 6.83. The van der Waals surface area contributed by atoms with Crippen molar-refractivity contribution >= 4 is 0 Å². The van der Waals surface area contributed by atoms with Crippen LogP contribution in [0.2, 0.25) is 0 Å². The number of benzene rings is 1. The third-order valence-electron chi connectivity index (χ3n) is 3.89. The number of nitrogens with zero attached hydrogens (tertiary/aromatic N) is 3. The molecule has 3 rings (SSSR count). The summed E-state index contributed by atoms with van der Waals surface area (Å²) in [4.78, 5) is 6.63. The summed E-state index contributed by atoms with van der Waals surface area (Å²) in [7, 11) is 1.99. The summed E-state index contributed by atoms with van der Waals surface area (Å²) >= 11 is 0. The molecule has 124 valence electrons. The Morgan fingerprint density at radius 1 is 1.30 bits per heavy atom. The number of ether oxygens (including phenoxy) is 1. The number of rotatable bonds is 4. The fraction of sp³-hybridized carbons (Fsp3) is 0.438. The van der Waals surface area contributed by atoms with E-state index in [1.165, 1.54) is 5.69 Å². The van der Waals surface area contributed by atoms with Crippen LogP contribution in [0.25, 0.3) is 0 Å². The number of hydrogen-bond acceptors (Lipinski definition) is 3. The van der Waals surface area contributed by atoms with Gasteiger partial charge in [-0.1, -0.05) is 12.1 Å². The number of aromatic nitrogens is 2. The van der Waals surface area contributed by atoms with Gasteiger partial charge in [0.15, 0.2) is 6.61 Å². The lowest BCUT2D eigenvalue weighted by Gasteiger charge is -2.26. The van der Waals surface area contributed by atoms with Crippen molar-refractivity contribution in [2.45, 2.75) is 25.7 Å². The maximum Gasteiger partial charge on any atom is 0.422 e. The molecule has 0 unspecified atom stereocenters. The van der Waals surface area contributed by atoms with Crippen molar-refractivity contribution in [1.82, 2.24) is 14.5 Å². The largest absolute Gasteiger partial charge is 0.484 e. The van der Waals surface area contributed by atoms with Crippen LogP contribution in [-0.2, 0) is 26.6 Å². The molecule has 0 aliphatic carbocycles. The molecule has 2 heterocycles. The maximum absolute atomic E-state index is 12.2. The SMILES string of the molecule is Cn1cnc2c1CCN(Cc1cccc(OCC(F)(F)F)c1)C2.